The summed E-state index contributed by atoms with van der Waals surface area (Å²) in [5.41, 5.74) is -0.497. The largest absolute Gasteiger partial charge is 0.492 e. The Bertz CT molecular complexity index is 671. The lowest BCUT2D eigenvalue weighted by molar-refractivity contribution is -0.149. The van der Waals surface area contributed by atoms with Gasteiger partial charge in [0.25, 0.3) is 0 Å². The van der Waals surface area contributed by atoms with E-state index in [9.17, 15) is 14.4 Å². The van der Waals surface area contributed by atoms with Crippen molar-refractivity contribution in [3.8, 4) is 5.75 Å². The van der Waals surface area contributed by atoms with Gasteiger partial charge in [0.05, 0.1) is 25.3 Å². The van der Waals surface area contributed by atoms with Crippen molar-refractivity contribution < 1.29 is 23.9 Å². The van der Waals surface area contributed by atoms with E-state index in [-0.39, 0.29) is 24.8 Å². The lowest BCUT2D eigenvalue weighted by Gasteiger charge is -2.25. The number of methoxy groups -OCH3 is 1. The van der Waals surface area contributed by atoms with Crippen LogP contribution >= 0.6 is 0 Å². The molecule has 136 valence electrons. The molecule has 1 atom stereocenters. The predicted octanol–water partition coefficient (Wildman–Crippen LogP) is 1.51. The van der Waals surface area contributed by atoms with Gasteiger partial charge in [0.2, 0.25) is 11.8 Å². The van der Waals surface area contributed by atoms with Gasteiger partial charge in [-0.3, -0.25) is 9.59 Å². The van der Waals surface area contributed by atoms with Crippen molar-refractivity contribution >= 4 is 23.5 Å². The Labute approximate surface area is 147 Å². The van der Waals surface area contributed by atoms with Gasteiger partial charge in [-0.1, -0.05) is 12.1 Å². The molecule has 7 nitrogen and oxygen atoms in total. The average molecular weight is 348 g/mol. The van der Waals surface area contributed by atoms with Crippen LogP contribution in [0.5, 0.6) is 5.75 Å². The number of anilines is 1. The molecule has 0 aromatic heterocycles. The number of carbonyl (C=O) groups is 3. The molecular formula is C18H24N2O5. The summed E-state index contributed by atoms with van der Waals surface area (Å²) < 4.78 is 10.2. The van der Waals surface area contributed by atoms with Gasteiger partial charge < -0.3 is 19.7 Å². The van der Waals surface area contributed by atoms with Crippen molar-refractivity contribution in [2.24, 2.45) is 5.92 Å². The van der Waals surface area contributed by atoms with Gasteiger partial charge in [-0.05, 0) is 32.9 Å². The van der Waals surface area contributed by atoms with Crippen LogP contribution in [0.15, 0.2) is 24.3 Å². The third kappa shape index (κ3) is 4.10. The molecule has 1 aromatic carbocycles. The first-order chi connectivity index (χ1) is 11.8. The molecule has 0 spiro atoms. The second kappa shape index (κ2) is 7.55. The third-order valence-electron chi connectivity index (χ3n) is 4.08. The molecule has 0 bridgehead atoms. The first-order valence-electron chi connectivity index (χ1n) is 8.22. The maximum Gasteiger partial charge on any atom is 0.330 e. The minimum atomic E-state index is -1.15. The number of esters is 1. The van der Waals surface area contributed by atoms with Crippen LogP contribution in [0.3, 0.4) is 0 Å². The third-order valence-corrected chi connectivity index (χ3v) is 4.08. The van der Waals surface area contributed by atoms with Gasteiger partial charge in [-0.15, -0.1) is 0 Å². The van der Waals surface area contributed by atoms with E-state index in [1.165, 1.54) is 7.11 Å². The molecule has 1 aliphatic rings. The molecule has 1 fully saturated rings. The number of nitrogens with zero attached hydrogens (tertiary/aromatic N) is 1. The number of ether oxygens (including phenoxy) is 2. The zero-order valence-corrected chi connectivity index (χ0v) is 15.0. The number of para-hydroxylation sites is 2. The molecule has 7 heteroatoms. The van der Waals surface area contributed by atoms with Crippen LogP contribution in [-0.2, 0) is 19.1 Å². The molecule has 1 saturated heterocycles. The fraction of sp³-hybridized carbons (Fsp3) is 0.500. The molecule has 1 heterocycles. The average Bonchev–Trinajstić information content (AvgIpc) is 2.96. The molecule has 2 amide bonds. The summed E-state index contributed by atoms with van der Waals surface area (Å²) in [4.78, 5) is 38.2. The Hall–Kier alpha value is -2.57. The van der Waals surface area contributed by atoms with Crippen molar-refractivity contribution in [2.45, 2.75) is 32.7 Å². The molecule has 1 aromatic rings. The Balaban J connectivity index is 2.12. The van der Waals surface area contributed by atoms with Crippen LogP contribution in [0.1, 0.15) is 27.2 Å². The smallest absolute Gasteiger partial charge is 0.330 e. The molecule has 0 aliphatic carbocycles. The quantitative estimate of drug-likeness (QED) is 0.788. The second-order valence-electron chi connectivity index (χ2n) is 6.41. The van der Waals surface area contributed by atoms with E-state index >= 15 is 0 Å². The molecule has 2 rings (SSSR count). The first kappa shape index (κ1) is 18.8. The number of amides is 2. The molecule has 0 radical (unpaired) electrons. The van der Waals surface area contributed by atoms with Crippen molar-refractivity contribution in [3.63, 3.8) is 0 Å². The number of hydrogen-bond acceptors (Lipinski definition) is 5. The fourth-order valence-electron chi connectivity index (χ4n) is 2.79. The predicted molar refractivity (Wildman–Crippen MR) is 92.3 cm³/mol. The first-order valence-corrected chi connectivity index (χ1v) is 8.22. The van der Waals surface area contributed by atoms with Gasteiger partial charge >= 0.3 is 5.97 Å². The van der Waals surface area contributed by atoms with Gasteiger partial charge in [-0.25, -0.2) is 4.79 Å². The van der Waals surface area contributed by atoms with E-state index in [1.54, 1.807) is 30.9 Å². The van der Waals surface area contributed by atoms with Crippen LogP contribution in [0.25, 0.3) is 0 Å². The highest BCUT2D eigenvalue weighted by atomic mass is 16.5. The van der Waals surface area contributed by atoms with E-state index in [0.29, 0.717) is 18.0 Å². The number of benzene rings is 1. The highest BCUT2D eigenvalue weighted by Crippen LogP contribution is 2.33. The number of hydrogen-bond donors (Lipinski definition) is 1. The van der Waals surface area contributed by atoms with E-state index in [4.69, 9.17) is 4.74 Å². The Morgan fingerprint density at radius 1 is 1.32 bits per heavy atom. The summed E-state index contributed by atoms with van der Waals surface area (Å²) in [6.45, 7) is 5.72. The molecular weight excluding hydrogens is 324 g/mol. The maximum atomic E-state index is 12.5. The van der Waals surface area contributed by atoms with Crippen molar-refractivity contribution in [1.82, 2.24) is 5.32 Å². The van der Waals surface area contributed by atoms with E-state index < -0.39 is 17.4 Å². The molecule has 0 saturated carbocycles. The van der Waals surface area contributed by atoms with Crippen LogP contribution in [0.4, 0.5) is 5.69 Å². The van der Waals surface area contributed by atoms with E-state index in [1.807, 2.05) is 19.1 Å². The summed E-state index contributed by atoms with van der Waals surface area (Å²) in [5.74, 6) is -0.965. The molecule has 0 unspecified atom stereocenters. The van der Waals surface area contributed by atoms with E-state index in [2.05, 4.69) is 10.1 Å². The minimum absolute atomic E-state index is 0.0869. The van der Waals surface area contributed by atoms with Gasteiger partial charge in [-0.2, -0.15) is 0 Å². The summed E-state index contributed by atoms with van der Waals surface area (Å²) in [7, 11) is 1.27. The van der Waals surface area contributed by atoms with Gasteiger partial charge in [0.15, 0.2) is 0 Å². The molecule has 1 N–H and O–H groups in total. The lowest BCUT2D eigenvalue weighted by atomic mass is 10.0. The fourth-order valence-corrected chi connectivity index (χ4v) is 2.79. The van der Waals surface area contributed by atoms with E-state index in [0.717, 1.165) is 0 Å². The zero-order valence-electron chi connectivity index (χ0n) is 15.0. The van der Waals surface area contributed by atoms with Crippen molar-refractivity contribution in [1.29, 1.82) is 0 Å². The van der Waals surface area contributed by atoms with Crippen LogP contribution in [-0.4, -0.2) is 43.6 Å². The Morgan fingerprint density at radius 2 is 2.00 bits per heavy atom. The maximum absolute atomic E-state index is 12.5. The highest BCUT2D eigenvalue weighted by Gasteiger charge is 2.39. The molecule has 25 heavy (non-hydrogen) atoms. The number of rotatable bonds is 6. The molecule has 1 aliphatic heterocycles. The van der Waals surface area contributed by atoms with Crippen LogP contribution in [0, 0.1) is 5.92 Å². The van der Waals surface area contributed by atoms with Gasteiger partial charge in [0.1, 0.15) is 11.3 Å². The summed E-state index contributed by atoms with van der Waals surface area (Å²) in [5, 5.41) is 2.66. The minimum Gasteiger partial charge on any atom is -0.492 e. The second-order valence-corrected chi connectivity index (χ2v) is 6.41. The Morgan fingerprint density at radius 3 is 2.64 bits per heavy atom. The lowest BCUT2D eigenvalue weighted by Crippen LogP contribution is -2.52. The topological polar surface area (TPSA) is 84.9 Å². The Kier molecular flexibility index (Phi) is 5.66. The zero-order chi connectivity index (χ0) is 18.6. The van der Waals surface area contributed by atoms with Crippen LogP contribution in [0.2, 0.25) is 0 Å². The van der Waals surface area contributed by atoms with Crippen LogP contribution < -0.4 is 15.0 Å². The van der Waals surface area contributed by atoms with Gasteiger partial charge in [0, 0.05) is 13.0 Å². The summed E-state index contributed by atoms with van der Waals surface area (Å²) >= 11 is 0. The monoisotopic (exact) mass is 348 g/mol. The number of carbonyl (C=O) groups excluding carboxylic acids is 3. The van der Waals surface area contributed by atoms with Crippen molar-refractivity contribution in [2.75, 3.05) is 25.2 Å². The summed E-state index contributed by atoms with van der Waals surface area (Å²) in [6.07, 6.45) is 0.0869. The normalized spacial score (nSPS) is 17.4. The number of nitrogens with one attached hydrogen (secondary N) is 1. The SMILES string of the molecule is CCOc1ccccc1N1C[C@@H](C(=O)NC(C)(C)C(=O)OC)CC1=O. The summed E-state index contributed by atoms with van der Waals surface area (Å²) in [6, 6.07) is 7.23. The highest BCUT2D eigenvalue weighted by molar-refractivity contribution is 6.02. The standard InChI is InChI=1S/C18H24N2O5/c1-5-25-14-9-7-6-8-13(14)20-11-12(10-15(20)21)16(22)19-18(2,3)17(23)24-4/h6-9,12H,5,10-11H2,1-4H3,(H,19,22)/t12-/m0/s1. The van der Waals surface area contributed by atoms with Crippen molar-refractivity contribution in [3.05, 3.63) is 24.3 Å².